The van der Waals surface area contributed by atoms with E-state index in [1.54, 1.807) is 6.20 Å². The van der Waals surface area contributed by atoms with E-state index < -0.39 is 0 Å². The van der Waals surface area contributed by atoms with Crippen molar-refractivity contribution in [3.63, 3.8) is 0 Å². The molecular weight excluding hydrogens is 348 g/mol. The van der Waals surface area contributed by atoms with E-state index in [-0.39, 0.29) is 11.9 Å². The summed E-state index contributed by atoms with van der Waals surface area (Å²) in [6.07, 6.45) is 5.80. The standard InChI is InChI=1S/C23H26N4O/c1-16-6-3-9-20-21(12-17(2)25-22(16)20)23(28)26-19-8-5-11-27(15-19)14-18-7-4-10-24-13-18/h3-4,6-7,9-10,12-13,19H,5,8,11,14-15H2,1-2H3,(H,26,28)/t19-/m1/s1. The SMILES string of the molecule is Cc1cc(C(=O)N[C@@H]2CCCN(Cc3cccnc3)C2)c2cccc(C)c2n1. The molecule has 144 valence electrons. The smallest absolute Gasteiger partial charge is 0.252 e. The van der Waals surface area contributed by atoms with Crippen LogP contribution in [0.3, 0.4) is 0 Å². The summed E-state index contributed by atoms with van der Waals surface area (Å²) in [6, 6.07) is 12.1. The summed E-state index contributed by atoms with van der Waals surface area (Å²) in [7, 11) is 0. The van der Waals surface area contributed by atoms with E-state index in [9.17, 15) is 4.79 Å². The lowest BCUT2D eigenvalue weighted by molar-refractivity contribution is 0.0902. The number of aromatic nitrogens is 2. The topological polar surface area (TPSA) is 58.1 Å². The minimum Gasteiger partial charge on any atom is -0.348 e. The van der Waals surface area contributed by atoms with Gasteiger partial charge in [-0.3, -0.25) is 19.7 Å². The Morgan fingerprint density at radius 1 is 1.25 bits per heavy atom. The van der Waals surface area contributed by atoms with Crippen molar-refractivity contribution in [3.8, 4) is 0 Å². The Morgan fingerprint density at radius 3 is 2.96 bits per heavy atom. The molecule has 1 aliphatic heterocycles. The van der Waals surface area contributed by atoms with Crippen LogP contribution in [0.1, 0.15) is 40.0 Å². The zero-order valence-electron chi connectivity index (χ0n) is 16.5. The number of piperidine rings is 1. The Kier molecular flexibility index (Phi) is 5.35. The van der Waals surface area contributed by atoms with Crippen LogP contribution in [0.2, 0.25) is 0 Å². The lowest BCUT2D eigenvalue weighted by Gasteiger charge is -2.33. The average molecular weight is 374 g/mol. The molecule has 1 fully saturated rings. The molecule has 1 aromatic carbocycles. The predicted molar refractivity (Wildman–Crippen MR) is 111 cm³/mol. The van der Waals surface area contributed by atoms with E-state index in [2.05, 4.69) is 26.3 Å². The molecule has 0 spiro atoms. The van der Waals surface area contributed by atoms with E-state index in [1.165, 1.54) is 5.56 Å². The minimum atomic E-state index is -0.00525. The monoisotopic (exact) mass is 374 g/mol. The lowest BCUT2D eigenvalue weighted by Crippen LogP contribution is -2.47. The third-order valence-corrected chi connectivity index (χ3v) is 5.38. The molecule has 5 heteroatoms. The summed E-state index contributed by atoms with van der Waals surface area (Å²) < 4.78 is 0. The molecule has 28 heavy (non-hydrogen) atoms. The number of rotatable bonds is 4. The first-order chi connectivity index (χ1) is 13.6. The van der Waals surface area contributed by atoms with Crippen LogP contribution in [0.25, 0.3) is 10.9 Å². The van der Waals surface area contributed by atoms with Gasteiger partial charge >= 0.3 is 0 Å². The van der Waals surface area contributed by atoms with Gasteiger partial charge < -0.3 is 5.32 Å². The van der Waals surface area contributed by atoms with Crippen LogP contribution < -0.4 is 5.32 Å². The van der Waals surface area contributed by atoms with Gasteiger partial charge in [0, 0.05) is 42.6 Å². The maximum atomic E-state index is 13.1. The number of pyridine rings is 2. The normalized spacial score (nSPS) is 17.6. The second-order valence-electron chi connectivity index (χ2n) is 7.69. The molecule has 1 atom stereocenters. The number of benzene rings is 1. The molecule has 3 aromatic rings. The summed E-state index contributed by atoms with van der Waals surface area (Å²) in [5, 5.41) is 4.19. The van der Waals surface area contributed by atoms with Crippen LogP contribution in [0, 0.1) is 13.8 Å². The number of carbonyl (C=O) groups excluding carboxylic acids is 1. The fourth-order valence-corrected chi connectivity index (χ4v) is 4.04. The van der Waals surface area contributed by atoms with Gasteiger partial charge in [0.25, 0.3) is 5.91 Å². The largest absolute Gasteiger partial charge is 0.348 e. The van der Waals surface area contributed by atoms with Gasteiger partial charge in [0.05, 0.1) is 11.1 Å². The molecule has 0 radical (unpaired) electrons. The maximum Gasteiger partial charge on any atom is 0.252 e. The molecule has 1 N–H and O–H groups in total. The van der Waals surface area contributed by atoms with Crippen LogP contribution in [0.5, 0.6) is 0 Å². The number of fused-ring (bicyclic) bond motifs is 1. The van der Waals surface area contributed by atoms with Gasteiger partial charge in [0.2, 0.25) is 0 Å². The summed E-state index contributed by atoms with van der Waals surface area (Å²) in [5.41, 5.74) is 4.80. The van der Waals surface area contributed by atoms with Gasteiger partial charge in [-0.15, -0.1) is 0 Å². The van der Waals surface area contributed by atoms with Crippen molar-refractivity contribution in [2.75, 3.05) is 13.1 Å². The van der Waals surface area contributed by atoms with Gasteiger partial charge in [-0.2, -0.15) is 0 Å². The first-order valence-electron chi connectivity index (χ1n) is 9.89. The second kappa shape index (κ2) is 8.07. The molecule has 3 heterocycles. The van der Waals surface area contributed by atoms with Crippen LogP contribution in [-0.4, -0.2) is 39.9 Å². The summed E-state index contributed by atoms with van der Waals surface area (Å²) >= 11 is 0. The van der Waals surface area contributed by atoms with Crippen molar-refractivity contribution in [2.45, 2.75) is 39.3 Å². The fraction of sp³-hybridized carbons (Fsp3) is 0.348. The lowest BCUT2D eigenvalue weighted by atomic mass is 10.0. The van der Waals surface area contributed by atoms with E-state index >= 15 is 0 Å². The van der Waals surface area contributed by atoms with Gasteiger partial charge in [-0.05, 0) is 56.5 Å². The number of amides is 1. The molecule has 1 aliphatic rings. The van der Waals surface area contributed by atoms with Crippen molar-refractivity contribution < 1.29 is 4.79 Å². The van der Waals surface area contributed by atoms with Gasteiger partial charge in [-0.25, -0.2) is 0 Å². The molecule has 2 aromatic heterocycles. The summed E-state index contributed by atoms with van der Waals surface area (Å²) in [4.78, 5) is 24.3. The Morgan fingerprint density at radius 2 is 2.14 bits per heavy atom. The molecule has 0 bridgehead atoms. The Labute approximate surface area is 165 Å². The van der Waals surface area contributed by atoms with Crippen LogP contribution >= 0.6 is 0 Å². The first kappa shape index (κ1) is 18.6. The zero-order chi connectivity index (χ0) is 19.5. The average Bonchev–Trinajstić information content (AvgIpc) is 2.69. The van der Waals surface area contributed by atoms with Crippen molar-refractivity contribution in [3.05, 3.63) is 71.2 Å². The third-order valence-electron chi connectivity index (χ3n) is 5.38. The second-order valence-corrected chi connectivity index (χ2v) is 7.69. The van der Waals surface area contributed by atoms with E-state index in [4.69, 9.17) is 0 Å². The quantitative estimate of drug-likeness (QED) is 0.757. The Balaban J connectivity index is 1.49. The molecule has 5 nitrogen and oxygen atoms in total. The first-order valence-corrected chi connectivity index (χ1v) is 9.89. The number of likely N-dealkylation sites (tertiary alicyclic amines) is 1. The van der Waals surface area contributed by atoms with Crippen molar-refractivity contribution >= 4 is 16.8 Å². The number of nitrogens with zero attached hydrogens (tertiary/aromatic N) is 3. The number of hydrogen-bond donors (Lipinski definition) is 1. The van der Waals surface area contributed by atoms with Gasteiger partial charge in [0.15, 0.2) is 0 Å². The highest BCUT2D eigenvalue weighted by Gasteiger charge is 2.23. The fourth-order valence-electron chi connectivity index (χ4n) is 4.04. The summed E-state index contributed by atoms with van der Waals surface area (Å²) in [5.74, 6) is -0.00525. The van der Waals surface area contributed by atoms with Crippen LogP contribution in [0.4, 0.5) is 0 Å². The number of nitrogens with one attached hydrogen (secondary N) is 1. The van der Waals surface area contributed by atoms with Crippen molar-refractivity contribution in [1.82, 2.24) is 20.2 Å². The maximum absolute atomic E-state index is 13.1. The molecule has 1 saturated heterocycles. The van der Waals surface area contributed by atoms with E-state index in [0.717, 1.165) is 60.2 Å². The highest BCUT2D eigenvalue weighted by molar-refractivity contribution is 6.06. The zero-order valence-corrected chi connectivity index (χ0v) is 16.5. The highest BCUT2D eigenvalue weighted by Crippen LogP contribution is 2.22. The number of hydrogen-bond acceptors (Lipinski definition) is 4. The van der Waals surface area contributed by atoms with Crippen LogP contribution in [-0.2, 0) is 6.54 Å². The Bertz CT molecular complexity index is 987. The molecule has 0 unspecified atom stereocenters. The summed E-state index contributed by atoms with van der Waals surface area (Å²) in [6.45, 7) is 6.77. The predicted octanol–water partition coefficient (Wildman–Crippen LogP) is 3.64. The van der Waals surface area contributed by atoms with E-state index in [1.807, 2.05) is 50.4 Å². The van der Waals surface area contributed by atoms with Crippen LogP contribution in [0.15, 0.2) is 48.8 Å². The number of aryl methyl sites for hydroxylation is 2. The number of carbonyl (C=O) groups is 1. The van der Waals surface area contributed by atoms with Crippen molar-refractivity contribution in [1.29, 1.82) is 0 Å². The molecular formula is C23H26N4O. The molecule has 4 rings (SSSR count). The third kappa shape index (κ3) is 4.04. The molecule has 0 aliphatic carbocycles. The minimum absolute atomic E-state index is 0.00525. The molecule has 0 saturated carbocycles. The highest BCUT2D eigenvalue weighted by atomic mass is 16.1. The number of para-hydroxylation sites is 1. The van der Waals surface area contributed by atoms with Gasteiger partial charge in [0.1, 0.15) is 0 Å². The molecule has 1 amide bonds. The van der Waals surface area contributed by atoms with Crippen molar-refractivity contribution in [2.24, 2.45) is 0 Å². The Hall–Kier alpha value is -2.79. The van der Waals surface area contributed by atoms with Gasteiger partial charge in [-0.1, -0.05) is 24.3 Å². The van der Waals surface area contributed by atoms with E-state index in [0.29, 0.717) is 0 Å².